The summed E-state index contributed by atoms with van der Waals surface area (Å²) in [4.78, 5) is 28.9. The molecule has 0 saturated carbocycles. The van der Waals surface area contributed by atoms with Crippen LogP contribution in [-0.4, -0.2) is 49.6 Å². The first-order chi connectivity index (χ1) is 12.6. The molecule has 0 radical (unpaired) electrons. The third kappa shape index (κ3) is 4.50. The number of esters is 1. The molecule has 2 saturated heterocycles. The van der Waals surface area contributed by atoms with E-state index in [0.717, 1.165) is 36.6 Å². The van der Waals surface area contributed by atoms with E-state index >= 15 is 0 Å². The Kier molecular flexibility index (Phi) is 6.41. The van der Waals surface area contributed by atoms with Crippen molar-refractivity contribution in [1.29, 1.82) is 0 Å². The number of carbonyl (C=O) groups is 2. The first-order valence-electron chi connectivity index (χ1n) is 9.54. The summed E-state index contributed by atoms with van der Waals surface area (Å²) in [7, 11) is 0. The van der Waals surface area contributed by atoms with Crippen LogP contribution in [0.15, 0.2) is 24.3 Å². The van der Waals surface area contributed by atoms with Gasteiger partial charge in [0.1, 0.15) is 0 Å². The molecule has 0 spiro atoms. The zero-order valence-corrected chi connectivity index (χ0v) is 16.1. The minimum Gasteiger partial charge on any atom is -0.466 e. The minimum absolute atomic E-state index is 0.0522. The lowest BCUT2D eigenvalue weighted by molar-refractivity contribution is -0.151. The molecule has 0 aliphatic carbocycles. The molecule has 5 nitrogen and oxygen atoms in total. The van der Waals surface area contributed by atoms with E-state index in [0.29, 0.717) is 32.5 Å². The Morgan fingerprint density at radius 2 is 1.73 bits per heavy atom. The van der Waals surface area contributed by atoms with Crippen molar-refractivity contribution in [3.05, 3.63) is 29.3 Å². The average molecular weight is 379 g/mol. The molecular formula is C20H27ClN2O3. The Morgan fingerprint density at radius 3 is 2.35 bits per heavy atom. The number of halogens is 1. The molecule has 0 N–H and O–H groups in total. The van der Waals surface area contributed by atoms with Crippen molar-refractivity contribution in [3.63, 3.8) is 0 Å². The van der Waals surface area contributed by atoms with Gasteiger partial charge in [-0.25, -0.2) is 0 Å². The topological polar surface area (TPSA) is 49.9 Å². The molecule has 3 rings (SSSR count). The molecule has 0 aromatic heterocycles. The summed E-state index contributed by atoms with van der Waals surface area (Å²) < 4.78 is 5.10. The van der Waals surface area contributed by atoms with Gasteiger partial charge in [0.2, 0.25) is 5.91 Å². The number of anilines is 1. The smallest absolute Gasteiger partial charge is 0.309 e. The number of ether oxygens (including phenoxy) is 1. The molecule has 142 valence electrons. The van der Waals surface area contributed by atoms with Crippen molar-refractivity contribution in [2.75, 3.05) is 37.7 Å². The van der Waals surface area contributed by atoms with E-state index < -0.39 is 0 Å². The predicted octanol–water partition coefficient (Wildman–Crippen LogP) is 3.36. The van der Waals surface area contributed by atoms with Crippen LogP contribution in [0.25, 0.3) is 0 Å². The SMILES string of the molecule is CCOC(=O)C1CCN(C(=O)C2CCN(c3cccc(Cl)c3)CC2)CC1. The fourth-order valence-electron chi connectivity index (χ4n) is 3.91. The van der Waals surface area contributed by atoms with Crippen LogP contribution in [0.5, 0.6) is 0 Å². The Hall–Kier alpha value is -1.75. The van der Waals surface area contributed by atoms with Crippen LogP contribution in [0.3, 0.4) is 0 Å². The summed E-state index contributed by atoms with van der Waals surface area (Å²) >= 11 is 6.08. The molecule has 6 heteroatoms. The van der Waals surface area contributed by atoms with Gasteiger partial charge in [0.25, 0.3) is 0 Å². The van der Waals surface area contributed by atoms with Crippen molar-refractivity contribution in [1.82, 2.24) is 4.90 Å². The van der Waals surface area contributed by atoms with Crippen LogP contribution >= 0.6 is 11.6 Å². The van der Waals surface area contributed by atoms with E-state index in [-0.39, 0.29) is 23.7 Å². The molecule has 2 aliphatic rings. The maximum atomic E-state index is 12.8. The summed E-state index contributed by atoms with van der Waals surface area (Å²) in [5, 5.41) is 0.741. The summed E-state index contributed by atoms with van der Waals surface area (Å²) in [6.45, 7) is 5.31. The zero-order chi connectivity index (χ0) is 18.5. The second-order valence-corrected chi connectivity index (χ2v) is 7.53. The van der Waals surface area contributed by atoms with Gasteiger partial charge >= 0.3 is 5.97 Å². The largest absolute Gasteiger partial charge is 0.466 e. The number of likely N-dealkylation sites (tertiary alicyclic amines) is 1. The van der Waals surface area contributed by atoms with Crippen LogP contribution in [0.2, 0.25) is 5.02 Å². The lowest BCUT2D eigenvalue weighted by atomic mass is 9.92. The third-order valence-electron chi connectivity index (χ3n) is 5.44. The Balaban J connectivity index is 1.48. The first kappa shape index (κ1) is 19.0. The third-order valence-corrected chi connectivity index (χ3v) is 5.68. The number of hydrogen-bond donors (Lipinski definition) is 0. The molecule has 2 fully saturated rings. The highest BCUT2D eigenvalue weighted by atomic mass is 35.5. The molecule has 0 bridgehead atoms. The van der Waals surface area contributed by atoms with E-state index in [1.165, 1.54) is 0 Å². The highest BCUT2D eigenvalue weighted by molar-refractivity contribution is 6.30. The van der Waals surface area contributed by atoms with Gasteiger partial charge in [0.15, 0.2) is 0 Å². The van der Waals surface area contributed by atoms with Crippen molar-refractivity contribution in [2.24, 2.45) is 11.8 Å². The predicted molar refractivity (Wildman–Crippen MR) is 102 cm³/mol. The van der Waals surface area contributed by atoms with Gasteiger partial charge in [0.05, 0.1) is 12.5 Å². The number of carbonyl (C=O) groups excluding carboxylic acids is 2. The Labute approximate surface area is 160 Å². The maximum absolute atomic E-state index is 12.8. The average Bonchev–Trinajstić information content (AvgIpc) is 2.68. The van der Waals surface area contributed by atoms with Gasteiger partial charge in [-0.15, -0.1) is 0 Å². The van der Waals surface area contributed by atoms with E-state index in [9.17, 15) is 9.59 Å². The molecule has 1 aromatic rings. The summed E-state index contributed by atoms with van der Waals surface area (Å²) in [5.41, 5.74) is 1.12. The van der Waals surface area contributed by atoms with Gasteiger partial charge in [-0.1, -0.05) is 17.7 Å². The normalized spacial score (nSPS) is 19.5. The van der Waals surface area contributed by atoms with E-state index in [2.05, 4.69) is 11.0 Å². The van der Waals surface area contributed by atoms with Crippen LogP contribution < -0.4 is 4.90 Å². The molecule has 2 aliphatic heterocycles. The van der Waals surface area contributed by atoms with Gasteiger partial charge in [0, 0.05) is 42.8 Å². The highest BCUT2D eigenvalue weighted by Gasteiger charge is 2.33. The number of nitrogens with zero attached hydrogens (tertiary/aromatic N) is 2. The van der Waals surface area contributed by atoms with Crippen LogP contribution in [0.4, 0.5) is 5.69 Å². The molecule has 0 unspecified atom stereocenters. The van der Waals surface area contributed by atoms with Gasteiger partial charge in [-0.3, -0.25) is 9.59 Å². The number of piperidine rings is 2. The molecular weight excluding hydrogens is 352 g/mol. The fraction of sp³-hybridized carbons (Fsp3) is 0.600. The van der Waals surface area contributed by atoms with E-state index in [1.807, 2.05) is 30.0 Å². The standard InChI is InChI=1S/C20H27ClN2O3/c1-2-26-20(25)16-8-12-23(13-9-16)19(24)15-6-10-22(11-7-15)18-5-3-4-17(21)14-18/h3-5,14-16H,2,6-13H2,1H3. The second-order valence-electron chi connectivity index (χ2n) is 7.09. The molecule has 26 heavy (non-hydrogen) atoms. The maximum Gasteiger partial charge on any atom is 0.309 e. The lowest BCUT2D eigenvalue weighted by Gasteiger charge is -2.37. The zero-order valence-electron chi connectivity index (χ0n) is 15.3. The fourth-order valence-corrected chi connectivity index (χ4v) is 4.10. The van der Waals surface area contributed by atoms with E-state index in [1.54, 1.807) is 0 Å². The monoisotopic (exact) mass is 378 g/mol. The Morgan fingerprint density at radius 1 is 1.08 bits per heavy atom. The van der Waals surface area contributed by atoms with Crippen LogP contribution in [-0.2, 0) is 14.3 Å². The lowest BCUT2D eigenvalue weighted by Crippen LogP contribution is -2.46. The summed E-state index contributed by atoms with van der Waals surface area (Å²) in [5.74, 6) is 0.167. The molecule has 2 heterocycles. The highest BCUT2D eigenvalue weighted by Crippen LogP contribution is 2.28. The van der Waals surface area contributed by atoms with E-state index in [4.69, 9.17) is 16.3 Å². The summed E-state index contributed by atoms with van der Waals surface area (Å²) in [6, 6.07) is 7.88. The van der Waals surface area contributed by atoms with Crippen LogP contribution in [0, 0.1) is 11.8 Å². The van der Waals surface area contributed by atoms with Crippen molar-refractivity contribution >= 4 is 29.2 Å². The number of hydrogen-bond acceptors (Lipinski definition) is 4. The number of benzene rings is 1. The minimum atomic E-state index is -0.116. The van der Waals surface area contributed by atoms with Crippen molar-refractivity contribution < 1.29 is 14.3 Å². The summed E-state index contributed by atoms with van der Waals surface area (Å²) in [6.07, 6.45) is 3.16. The Bertz CT molecular complexity index is 636. The number of rotatable bonds is 4. The molecule has 1 amide bonds. The molecule has 1 aromatic carbocycles. The quantitative estimate of drug-likeness (QED) is 0.754. The second kappa shape index (κ2) is 8.76. The first-order valence-corrected chi connectivity index (χ1v) is 9.92. The van der Waals surface area contributed by atoms with Crippen LogP contribution in [0.1, 0.15) is 32.6 Å². The van der Waals surface area contributed by atoms with Gasteiger partial charge < -0.3 is 14.5 Å². The molecule has 0 atom stereocenters. The number of amides is 1. The van der Waals surface area contributed by atoms with Gasteiger partial charge in [-0.2, -0.15) is 0 Å². The van der Waals surface area contributed by atoms with Crippen molar-refractivity contribution in [3.8, 4) is 0 Å². The van der Waals surface area contributed by atoms with Gasteiger partial charge in [-0.05, 0) is 50.8 Å². The van der Waals surface area contributed by atoms with Crippen molar-refractivity contribution in [2.45, 2.75) is 32.6 Å².